The van der Waals surface area contributed by atoms with E-state index in [1.165, 1.54) is 6.20 Å². The molecule has 0 N–H and O–H groups in total. The van der Waals surface area contributed by atoms with Gasteiger partial charge in [-0.2, -0.15) is 0 Å². The summed E-state index contributed by atoms with van der Waals surface area (Å²) in [6.45, 7) is 4.68. The van der Waals surface area contributed by atoms with Gasteiger partial charge in [-0.15, -0.1) is 0 Å². The second-order valence-corrected chi connectivity index (χ2v) is 7.46. The van der Waals surface area contributed by atoms with Crippen LogP contribution in [0.15, 0.2) is 57.9 Å². The summed E-state index contributed by atoms with van der Waals surface area (Å²) < 4.78 is 16.3. The third kappa shape index (κ3) is 5.92. The Hall–Kier alpha value is -3.15. The average molecular weight is 409 g/mol. The highest BCUT2D eigenvalue weighted by Gasteiger charge is 2.09. The molecule has 6 heteroatoms. The van der Waals surface area contributed by atoms with Gasteiger partial charge in [0.15, 0.2) is 5.58 Å². The second-order valence-electron chi connectivity index (χ2n) is 7.46. The lowest BCUT2D eigenvalue weighted by Crippen LogP contribution is -2.12. The van der Waals surface area contributed by atoms with Gasteiger partial charge in [0.05, 0.1) is 30.9 Å². The maximum absolute atomic E-state index is 12.3. The number of rotatable bonds is 10. The van der Waals surface area contributed by atoms with Crippen LogP contribution in [0.25, 0.3) is 22.1 Å². The smallest absolute Gasteiger partial charge is 0.344 e. The third-order valence-electron chi connectivity index (χ3n) is 4.68. The highest BCUT2D eigenvalue weighted by atomic mass is 16.5. The van der Waals surface area contributed by atoms with Crippen molar-refractivity contribution in [1.29, 1.82) is 0 Å². The van der Waals surface area contributed by atoms with Gasteiger partial charge in [0.1, 0.15) is 0 Å². The highest BCUT2D eigenvalue weighted by Crippen LogP contribution is 2.23. The topological polar surface area (TPSA) is 78.6 Å². The Morgan fingerprint density at radius 1 is 1.03 bits per heavy atom. The molecule has 0 fully saturated rings. The number of nitrogens with zero attached hydrogens (tertiary/aromatic N) is 1. The first-order valence-corrected chi connectivity index (χ1v) is 10.3. The fourth-order valence-electron chi connectivity index (χ4n) is 2.98. The Morgan fingerprint density at radius 2 is 1.77 bits per heavy atom. The van der Waals surface area contributed by atoms with E-state index in [0.717, 1.165) is 36.6 Å². The number of ether oxygens (including phenoxy) is 2. The van der Waals surface area contributed by atoms with Crippen molar-refractivity contribution in [3.05, 3.63) is 59.1 Å². The van der Waals surface area contributed by atoms with Gasteiger partial charge in [-0.3, -0.25) is 4.79 Å². The maximum Gasteiger partial charge on any atom is 0.344 e. The Balaban J connectivity index is 1.49. The molecule has 0 atom stereocenters. The van der Waals surface area contributed by atoms with Gasteiger partial charge in [-0.05, 0) is 37.3 Å². The molecule has 2 aromatic heterocycles. The molecule has 0 radical (unpaired) electrons. The van der Waals surface area contributed by atoms with Crippen LogP contribution in [-0.2, 0) is 9.53 Å². The van der Waals surface area contributed by atoms with Gasteiger partial charge in [-0.1, -0.05) is 44.2 Å². The lowest BCUT2D eigenvalue weighted by atomic mass is 10.1. The van der Waals surface area contributed by atoms with Crippen molar-refractivity contribution in [2.75, 3.05) is 13.2 Å². The fourth-order valence-corrected chi connectivity index (χ4v) is 2.98. The van der Waals surface area contributed by atoms with Crippen molar-refractivity contribution in [3.8, 4) is 17.0 Å². The maximum atomic E-state index is 12.3. The lowest BCUT2D eigenvalue weighted by molar-refractivity contribution is -0.147. The van der Waals surface area contributed by atoms with E-state index in [0.29, 0.717) is 30.2 Å². The summed E-state index contributed by atoms with van der Waals surface area (Å²) in [7, 11) is 0. The molecular weight excluding hydrogens is 382 g/mol. The van der Waals surface area contributed by atoms with Crippen LogP contribution < -0.4 is 10.4 Å². The molecule has 0 aliphatic carbocycles. The number of carbonyl (C=O) groups excluding carboxylic acids is 1. The second kappa shape index (κ2) is 10.6. The van der Waals surface area contributed by atoms with Crippen LogP contribution >= 0.6 is 0 Å². The van der Waals surface area contributed by atoms with Gasteiger partial charge >= 0.3 is 11.6 Å². The summed E-state index contributed by atoms with van der Waals surface area (Å²) in [4.78, 5) is 27.9. The summed E-state index contributed by atoms with van der Waals surface area (Å²) >= 11 is 0. The quantitative estimate of drug-likeness (QED) is 0.347. The molecule has 2 heterocycles. The lowest BCUT2D eigenvalue weighted by Gasteiger charge is -2.08. The minimum absolute atomic E-state index is 0.0790. The van der Waals surface area contributed by atoms with Gasteiger partial charge in [0, 0.05) is 11.5 Å². The van der Waals surface area contributed by atoms with Crippen LogP contribution in [0.4, 0.5) is 0 Å². The SMILES string of the molecule is CC(C)C(=O)OCCCCCCOc1cc2cc(-c3ccccc3)c(=O)oc2cn1. The predicted octanol–water partition coefficient (Wildman–Crippen LogP) is 4.99. The molecule has 1 aromatic carbocycles. The first-order chi connectivity index (χ1) is 14.5. The van der Waals surface area contributed by atoms with Crippen molar-refractivity contribution >= 4 is 16.9 Å². The molecule has 3 rings (SSSR count). The molecule has 0 aliphatic rings. The van der Waals surface area contributed by atoms with Gasteiger partial charge < -0.3 is 13.9 Å². The number of carbonyl (C=O) groups is 1. The van der Waals surface area contributed by atoms with E-state index in [9.17, 15) is 9.59 Å². The minimum Gasteiger partial charge on any atom is -0.478 e. The largest absolute Gasteiger partial charge is 0.478 e. The Labute approximate surface area is 175 Å². The van der Waals surface area contributed by atoms with Gasteiger partial charge in [-0.25, -0.2) is 9.78 Å². The number of pyridine rings is 1. The summed E-state index contributed by atoms with van der Waals surface area (Å²) in [5.74, 6) is 0.276. The molecule has 3 aromatic rings. The number of hydrogen-bond acceptors (Lipinski definition) is 6. The molecule has 0 spiro atoms. The van der Waals surface area contributed by atoms with Crippen LogP contribution in [0.5, 0.6) is 5.88 Å². The van der Waals surface area contributed by atoms with Gasteiger partial charge in [0.25, 0.3) is 0 Å². The van der Waals surface area contributed by atoms with E-state index < -0.39 is 0 Å². The third-order valence-corrected chi connectivity index (χ3v) is 4.68. The van der Waals surface area contributed by atoms with Crippen LogP contribution in [0.1, 0.15) is 39.5 Å². The average Bonchev–Trinajstić information content (AvgIpc) is 2.75. The van der Waals surface area contributed by atoms with Crippen LogP contribution in [-0.4, -0.2) is 24.2 Å². The number of fused-ring (bicyclic) bond motifs is 1. The van der Waals surface area contributed by atoms with Crippen molar-refractivity contribution in [1.82, 2.24) is 4.98 Å². The summed E-state index contributed by atoms with van der Waals surface area (Å²) in [6, 6.07) is 13.0. The molecule has 0 aliphatic heterocycles. The number of hydrogen-bond donors (Lipinski definition) is 0. The first-order valence-electron chi connectivity index (χ1n) is 10.3. The summed E-state index contributed by atoms with van der Waals surface area (Å²) in [5.41, 5.74) is 1.37. The Kier molecular flexibility index (Phi) is 7.60. The van der Waals surface area contributed by atoms with Crippen molar-refractivity contribution in [2.24, 2.45) is 5.92 Å². The predicted molar refractivity (Wildman–Crippen MR) is 115 cm³/mol. The van der Waals surface area contributed by atoms with Gasteiger partial charge in [0.2, 0.25) is 5.88 Å². The molecular formula is C24H27NO5. The van der Waals surface area contributed by atoms with E-state index in [2.05, 4.69) is 4.98 Å². The zero-order valence-corrected chi connectivity index (χ0v) is 17.4. The number of aromatic nitrogens is 1. The number of esters is 1. The summed E-state index contributed by atoms with van der Waals surface area (Å²) in [5, 5.41) is 0.769. The molecule has 0 amide bonds. The van der Waals surface area contributed by atoms with Crippen LogP contribution in [0.3, 0.4) is 0 Å². The monoisotopic (exact) mass is 409 g/mol. The number of unbranched alkanes of at least 4 members (excludes halogenated alkanes) is 3. The first kappa shape index (κ1) is 21.6. The van der Waals surface area contributed by atoms with Crippen LogP contribution in [0.2, 0.25) is 0 Å². The highest BCUT2D eigenvalue weighted by molar-refractivity contribution is 5.81. The molecule has 0 unspecified atom stereocenters. The normalized spacial score (nSPS) is 11.0. The molecule has 0 saturated heterocycles. The molecule has 6 nitrogen and oxygen atoms in total. The Morgan fingerprint density at radius 3 is 2.50 bits per heavy atom. The summed E-state index contributed by atoms with van der Waals surface area (Å²) in [6.07, 6.45) is 5.22. The van der Waals surface area contributed by atoms with E-state index >= 15 is 0 Å². The van der Waals surface area contributed by atoms with E-state index in [1.807, 2.05) is 50.2 Å². The van der Waals surface area contributed by atoms with Crippen molar-refractivity contribution in [3.63, 3.8) is 0 Å². The minimum atomic E-state index is -0.386. The molecule has 0 saturated carbocycles. The molecule has 158 valence electrons. The van der Waals surface area contributed by atoms with Crippen molar-refractivity contribution < 1.29 is 18.7 Å². The zero-order valence-electron chi connectivity index (χ0n) is 17.4. The van der Waals surface area contributed by atoms with E-state index in [-0.39, 0.29) is 17.5 Å². The van der Waals surface area contributed by atoms with E-state index in [4.69, 9.17) is 13.9 Å². The van der Waals surface area contributed by atoms with E-state index in [1.54, 1.807) is 6.07 Å². The van der Waals surface area contributed by atoms with Crippen LogP contribution in [0, 0.1) is 5.92 Å². The zero-order chi connectivity index (χ0) is 21.3. The molecule has 30 heavy (non-hydrogen) atoms. The van der Waals surface area contributed by atoms with Crippen molar-refractivity contribution in [2.45, 2.75) is 39.5 Å². The Bertz CT molecular complexity index is 1030. The molecule has 0 bridgehead atoms. The standard InChI is InChI=1S/C24H27NO5/c1-17(2)23(26)29-13-9-4-3-8-12-28-22-15-19-14-20(18-10-6-5-7-11-18)24(27)30-21(19)16-25-22/h5-7,10-11,14-17H,3-4,8-9,12-13H2,1-2H3. The fraction of sp³-hybridized carbons (Fsp3) is 0.375. The number of benzene rings is 1.